The zero-order valence-corrected chi connectivity index (χ0v) is 17.6. The molecule has 0 aromatic heterocycles. The SMILES string of the molecule is CCC(=O)Nc1ccc(Oc2ccc(C#N)cc2)cc1NC(=NC(=O)OC)NC(=O)OC. The molecule has 0 saturated heterocycles. The molecule has 11 heteroatoms. The molecule has 3 N–H and O–H groups in total. The molecule has 0 saturated carbocycles. The normalized spacial score (nSPS) is 10.4. The molecule has 11 nitrogen and oxygen atoms in total. The standard InChI is InChI=1S/C21H21N5O6/c1-4-18(27)23-16-10-9-15(32-14-7-5-13(12-22)6-8-14)11-17(16)24-19(25-20(28)30-2)26-21(29)31-3/h5-11H,4H2,1-3H3,(H,23,27)(H2,24,25,26,28,29). The lowest BCUT2D eigenvalue weighted by molar-refractivity contribution is -0.115. The third-order valence-corrected chi connectivity index (χ3v) is 3.84. The summed E-state index contributed by atoms with van der Waals surface area (Å²) in [4.78, 5) is 38.7. The van der Waals surface area contributed by atoms with E-state index in [1.807, 2.05) is 6.07 Å². The fourth-order valence-electron chi connectivity index (χ4n) is 2.27. The average Bonchev–Trinajstić information content (AvgIpc) is 2.80. The van der Waals surface area contributed by atoms with Crippen molar-refractivity contribution < 1.29 is 28.6 Å². The first-order chi connectivity index (χ1) is 15.4. The van der Waals surface area contributed by atoms with Crippen LogP contribution in [-0.4, -0.2) is 38.3 Å². The highest BCUT2D eigenvalue weighted by Crippen LogP contribution is 2.30. The highest BCUT2D eigenvalue weighted by molar-refractivity contribution is 6.08. The minimum Gasteiger partial charge on any atom is -0.457 e. The number of nitrogens with zero attached hydrogens (tertiary/aromatic N) is 2. The third-order valence-electron chi connectivity index (χ3n) is 3.84. The fourth-order valence-corrected chi connectivity index (χ4v) is 2.27. The van der Waals surface area contributed by atoms with E-state index in [-0.39, 0.29) is 24.0 Å². The number of rotatable bonds is 5. The number of alkyl carbamates (subject to hydrolysis) is 1. The Balaban J connectivity index is 2.39. The largest absolute Gasteiger partial charge is 0.457 e. The van der Waals surface area contributed by atoms with Crippen LogP contribution < -0.4 is 20.7 Å². The average molecular weight is 439 g/mol. The summed E-state index contributed by atoms with van der Waals surface area (Å²) in [5.41, 5.74) is 1.08. The molecule has 2 aromatic carbocycles. The van der Waals surface area contributed by atoms with Gasteiger partial charge in [0.15, 0.2) is 0 Å². The molecule has 0 radical (unpaired) electrons. The van der Waals surface area contributed by atoms with E-state index in [9.17, 15) is 14.4 Å². The van der Waals surface area contributed by atoms with E-state index in [0.29, 0.717) is 22.7 Å². The summed E-state index contributed by atoms with van der Waals surface area (Å²) in [7, 11) is 2.27. The second kappa shape index (κ2) is 11.6. The lowest BCUT2D eigenvalue weighted by Crippen LogP contribution is -2.36. The van der Waals surface area contributed by atoms with Crippen LogP contribution in [0.25, 0.3) is 0 Å². The van der Waals surface area contributed by atoms with Crippen LogP contribution >= 0.6 is 0 Å². The van der Waals surface area contributed by atoms with Crippen molar-refractivity contribution in [1.82, 2.24) is 5.32 Å². The van der Waals surface area contributed by atoms with Crippen LogP contribution in [-0.2, 0) is 14.3 Å². The van der Waals surface area contributed by atoms with Crippen LogP contribution in [0.1, 0.15) is 18.9 Å². The van der Waals surface area contributed by atoms with Gasteiger partial charge < -0.3 is 24.8 Å². The second-order valence-corrected chi connectivity index (χ2v) is 6.02. The Kier molecular flexibility index (Phi) is 8.56. The van der Waals surface area contributed by atoms with Gasteiger partial charge in [0.2, 0.25) is 11.9 Å². The van der Waals surface area contributed by atoms with Gasteiger partial charge in [0.1, 0.15) is 11.5 Å². The summed E-state index contributed by atoms with van der Waals surface area (Å²) in [5.74, 6) is 0.269. The number of amides is 3. The van der Waals surface area contributed by atoms with Crippen LogP contribution in [0.3, 0.4) is 0 Å². The summed E-state index contributed by atoms with van der Waals surface area (Å²) in [6, 6.07) is 13.2. The van der Waals surface area contributed by atoms with Crippen LogP contribution in [0, 0.1) is 11.3 Å². The lowest BCUT2D eigenvalue weighted by atomic mass is 10.2. The Morgan fingerprint density at radius 2 is 1.66 bits per heavy atom. The molecule has 166 valence electrons. The van der Waals surface area contributed by atoms with Crippen molar-refractivity contribution in [2.45, 2.75) is 13.3 Å². The van der Waals surface area contributed by atoms with E-state index >= 15 is 0 Å². The summed E-state index contributed by atoms with van der Waals surface area (Å²) >= 11 is 0. The number of aliphatic imine (C=N–C) groups is 1. The van der Waals surface area contributed by atoms with Gasteiger partial charge in [0.05, 0.1) is 37.2 Å². The number of benzene rings is 2. The monoisotopic (exact) mass is 439 g/mol. The molecular weight excluding hydrogens is 418 g/mol. The van der Waals surface area contributed by atoms with Crippen LogP contribution in [0.4, 0.5) is 21.0 Å². The Morgan fingerprint density at radius 1 is 0.969 bits per heavy atom. The van der Waals surface area contributed by atoms with Gasteiger partial charge in [-0.15, -0.1) is 4.99 Å². The predicted molar refractivity (Wildman–Crippen MR) is 116 cm³/mol. The number of carbonyl (C=O) groups is 3. The first-order valence-electron chi connectivity index (χ1n) is 9.29. The number of hydrogen-bond acceptors (Lipinski definition) is 7. The Bertz CT molecular complexity index is 1060. The first-order valence-corrected chi connectivity index (χ1v) is 9.29. The van der Waals surface area contributed by atoms with E-state index < -0.39 is 12.2 Å². The van der Waals surface area contributed by atoms with Gasteiger partial charge in [-0.2, -0.15) is 5.26 Å². The molecule has 0 unspecified atom stereocenters. The lowest BCUT2D eigenvalue weighted by Gasteiger charge is -2.16. The number of carbonyl (C=O) groups excluding carboxylic acids is 3. The molecule has 32 heavy (non-hydrogen) atoms. The summed E-state index contributed by atoms with van der Waals surface area (Å²) in [6.07, 6.45) is -1.63. The third kappa shape index (κ3) is 7.03. The highest BCUT2D eigenvalue weighted by Gasteiger charge is 2.14. The van der Waals surface area contributed by atoms with Crippen molar-refractivity contribution in [3.8, 4) is 17.6 Å². The molecule has 2 rings (SSSR count). The number of nitriles is 1. The molecular formula is C21H21N5O6. The summed E-state index contributed by atoms with van der Waals surface area (Å²) < 4.78 is 14.8. The quantitative estimate of drug-likeness (QED) is 0.472. The molecule has 2 aromatic rings. The highest BCUT2D eigenvalue weighted by atomic mass is 16.5. The zero-order valence-electron chi connectivity index (χ0n) is 17.6. The van der Waals surface area contributed by atoms with Crippen LogP contribution in [0.15, 0.2) is 47.5 Å². The van der Waals surface area contributed by atoms with Crippen molar-refractivity contribution >= 4 is 35.4 Å². The smallest absolute Gasteiger partial charge is 0.436 e. The summed E-state index contributed by atoms with van der Waals surface area (Å²) in [6.45, 7) is 1.69. The first kappa shape index (κ1) is 23.7. The number of methoxy groups -OCH3 is 2. The second-order valence-electron chi connectivity index (χ2n) is 6.02. The van der Waals surface area contributed by atoms with Gasteiger partial charge in [-0.3, -0.25) is 10.1 Å². The Labute approximate surface area is 184 Å². The van der Waals surface area contributed by atoms with Crippen molar-refractivity contribution in [2.75, 3.05) is 24.9 Å². The molecule has 0 atom stereocenters. The van der Waals surface area contributed by atoms with Gasteiger partial charge >= 0.3 is 12.2 Å². The van der Waals surface area contributed by atoms with Crippen molar-refractivity contribution in [1.29, 1.82) is 5.26 Å². The number of hydrogen-bond donors (Lipinski definition) is 3. The summed E-state index contributed by atoms with van der Waals surface area (Å²) in [5, 5.41) is 16.6. The number of anilines is 2. The molecule has 0 spiro atoms. The Hall–Kier alpha value is -4.59. The fraction of sp³-hybridized carbons (Fsp3) is 0.190. The number of guanidine groups is 1. The topological polar surface area (TPSA) is 151 Å². The van der Waals surface area contributed by atoms with Crippen molar-refractivity contribution in [3.63, 3.8) is 0 Å². The van der Waals surface area contributed by atoms with Gasteiger partial charge in [0.25, 0.3) is 0 Å². The Morgan fingerprint density at radius 3 is 2.25 bits per heavy atom. The minimum absolute atomic E-state index is 0.229. The molecule has 0 aliphatic carbocycles. The maximum absolute atomic E-state index is 11.9. The molecule has 0 aliphatic rings. The van der Waals surface area contributed by atoms with E-state index in [1.54, 1.807) is 43.3 Å². The molecule has 3 amide bonds. The number of nitrogens with one attached hydrogen (secondary N) is 3. The molecule has 0 bridgehead atoms. The van der Waals surface area contributed by atoms with Gasteiger partial charge in [-0.05, 0) is 36.4 Å². The van der Waals surface area contributed by atoms with Crippen LogP contribution in [0.2, 0.25) is 0 Å². The van der Waals surface area contributed by atoms with Gasteiger partial charge in [0, 0.05) is 12.5 Å². The van der Waals surface area contributed by atoms with Crippen molar-refractivity contribution in [2.24, 2.45) is 4.99 Å². The molecule has 0 aliphatic heterocycles. The van der Waals surface area contributed by atoms with Gasteiger partial charge in [-0.1, -0.05) is 6.92 Å². The van der Waals surface area contributed by atoms with Crippen molar-refractivity contribution in [3.05, 3.63) is 48.0 Å². The molecule has 0 heterocycles. The van der Waals surface area contributed by atoms with E-state index in [2.05, 4.69) is 30.4 Å². The zero-order chi connectivity index (χ0) is 23.5. The van der Waals surface area contributed by atoms with Gasteiger partial charge in [-0.25, -0.2) is 9.59 Å². The maximum atomic E-state index is 11.9. The van der Waals surface area contributed by atoms with E-state index in [0.717, 1.165) is 14.2 Å². The molecule has 0 fully saturated rings. The van der Waals surface area contributed by atoms with Crippen LogP contribution in [0.5, 0.6) is 11.5 Å². The predicted octanol–water partition coefficient (Wildman–Crippen LogP) is 3.59. The van der Waals surface area contributed by atoms with E-state index in [4.69, 9.17) is 10.00 Å². The number of ether oxygens (including phenoxy) is 3. The van der Waals surface area contributed by atoms with E-state index in [1.165, 1.54) is 6.07 Å². The minimum atomic E-state index is -0.979. The maximum Gasteiger partial charge on any atom is 0.436 e.